The molecule has 0 aliphatic carbocycles. The maximum absolute atomic E-state index is 6.05. The smallest absolute Gasteiger partial charge is 0.0841 e. The first-order chi connectivity index (χ1) is 6.93. The van der Waals surface area contributed by atoms with Crippen LogP contribution in [0.15, 0.2) is 23.8 Å². The molecular formula is C14H24O. The van der Waals surface area contributed by atoms with Crippen LogP contribution in [0.3, 0.4) is 0 Å². The lowest BCUT2D eigenvalue weighted by molar-refractivity contribution is -0.0725. The molecule has 0 saturated heterocycles. The average molecular weight is 208 g/mol. The molecule has 0 bridgehead atoms. The summed E-state index contributed by atoms with van der Waals surface area (Å²) in [7, 11) is 0. The van der Waals surface area contributed by atoms with Crippen molar-refractivity contribution >= 4 is 0 Å². The van der Waals surface area contributed by atoms with Crippen molar-refractivity contribution in [3.8, 4) is 0 Å². The molecule has 0 N–H and O–H groups in total. The van der Waals surface area contributed by atoms with Gasteiger partial charge in [0, 0.05) is 5.92 Å². The Hall–Kier alpha value is -0.560. The Morgan fingerprint density at radius 3 is 2.60 bits per heavy atom. The summed E-state index contributed by atoms with van der Waals surface area (Å²) in [4.78, 5) is 0. The van der Waals surface area contributed by atoms with Gasteiger partial charge in [-0.2, -0.15) is 0 Å². The van der Waals surface area contributed by atoms with Gasteiger partial charge in [0.15, 0.2) is 0 Å². The van der Waals surface area contributed by atoms with E-state index in [0.717, 1.165) is 12.8 Å². The quantitative estimate of drug-likeness (QED) is 0.634. The van der Waals surface area contributed by atoms with Crippen molar-refractivity contribution in [1.82, 2.24) is 0 Å². The molecule has 1 nitrogen and oxygen atoms in total. The molecule has 0 radical (unpaired) electrons. The monoisotopic (exact) mass is 208 g/mol. The molecule has 0 saturated carbocycles. The normalized spacial score (nSPS) is 35.3. The van der Waals surface area contributed by atoms with Crippen LogP contribution in [0.1, 0.15) is 47.5 Å². The van der Waals surface area contributed by atoms with Gasteiger partial charge in [-0.1, -0.05) is 30.7 Å². The largest absolute Gasteiger partial charge is 0.368 e. The molecule has 0 fully saturated rings. The molecule has 0 unspecified atom stereocenters. The molecule has 1 aliphatic rings. The second kappa shape index (κ2) is 4.98. The van der Waals surface area contributed by atoms with Gasteiger partial charge >= 0.3 is 0 Å². The van der Waals surface area contributed by atoms with Crippen LogP contribution < -0.4 is 0 Å². The predicted molar refractivity (Wildman–Crippen MR) is 65.9 cm³/mol. The van der Waals surface area contributed by atoms with Crippen molar-refractivity contribution in [2.24, 2.45) is 5.92 Å². The van der Waals surface area contributed by atoms with Gasteiger partial charge in [0.05, 0.1) is 11.7 Å². The molecule has 1 heterocycles. The minimum atomic E-state index is -0.0577. The van der Waals surface area contributed by atoms with Crippen LogP contribution in [0, 0.1) is 5.92 Å². The fourth-order valence-corrected chi connectivity index (χ4v) is 1.87. The Morgan fingerprint density at radius 1 is 1.40 bits per heavy atom. The number of allylic oxidation sites excluding steroid dienone is 2. The zero-order chi connectivity index (χ0) is 11.5. The van der Waals surface area contributed by atoms with E-state index in [-0.39, 0.29) is 5.60 Å². The standard InChI is InChI=1S/C14H24O/c1-11(2)7-6-9-14(5)10-8-12(3)13(4)15-14/h7-8,10,12-13H,6,9H2,1-5H3/t12-,13-,14-/m1/s1. The number of ether oxygens (including phenoxy) is 1. The minimum Gasteiger partial charge on any atom is -0.368 e. The molecule has 0 aromatic rings. The first-order valence-corrected chi connectivity index (χ1v) is 5.93. The summed E-state index contributed by atoms with van der Waals surface area (Å²) in [6, 6.07) is 0. The van der Waals surface area contributed by atoms with Gasteiger partial charge in [-0.25, -0.2) is 0 Å². The molecule has 1 heteroatoms. The number of rotatable bonds is 3. The molecular weight excluding hydrogens is 184 g/mol. The molecule has 3 atom stereocenters. The number of hydrogen-bond acceptors (Lipinski definition) is 1. The van der Waals surface area contributed by atoms with Crippen molar-refractivity contribution in [1.29, 1.82) is 0 Å². The van der Waals surface area contributed by atoms with Gasteiger partial charge in [0.25, 0.3) is 0 Å². The van der Waals surface area contributed by atoms with Crippen LogP contribution in [0.5, 0.6) is 0 Å². The lowest BCUT2D eigenvalue weighted by Gasteiger charge is -2.36. The highest BCUT2D eigenvalue weighted by Crippen LogP contribution is 2.29. The van der Waals surface area contributed by atoms with Crippen LogP contribution in [0.25, 0.3) is 0 Å². The molecule has 0 aromatic heterocycles. The van der Waals surface area contributed by atoms with E-state index in [9.17, 15) is 0 Å². The van der Waals surface area contributed by atoms with Gasteiger partial charge < -0.3 is 4.74 Å². The Balaban J connectivity index is 2.53. The SMILES string of the molecule is CC(C)=CCC[C@]1(C)C=C[C@@H](C)[C@@H](C)O1. The van der Waals surface area contributed by atoms with E-state index in [1.54, 1.807) is 0 Å². The Kier molecular flexibility index (Phi) is 4.15. The summed E-state index contributed by atoms with van der Waals surface area (Å²) < 4.78 is 6.05. The van der Waals surface area contributed by atoms with E-state index in [0.29, 0.717) is 12.0 Å². The van der Waals surface area contributed by atoms with Crippen molar-refractivity contribution < 1.29 is 4.74 Å². The zero-order valence-corrected chi connectivity index (χ0v) is 10.7. The summed E-state index contributed by atoms with van der Waals surface area (Å²) in [5, 5.41) is 0. The summed E-state index contributed by atoms with van der Waals surface area (Å²) in [6.45, 7) is 10.8. The van der Waals surface area contributed by atoms with Crippen molar-refractivity contribution in [3.63, 3.8) is 0 Å². The molecule has 0 amide bonds. The highest BCUT2D eigenvalue weighted by Gasteiger charge is 2.29. The zero-order valence-electron chi connectivity index (χ0n) is 10.7. The van der Waals surface area contributed by atoms with Crippen molar-refractivity contribution in [3.05, 3.63) is 23.8 Å². The van der Waals surface area contributed by atoms with E-state index >= 15 is 0 Å². The third-order valence-corrected chi connectivity index (χ3v) is 3.14. The van der Waals surface area contributed by atoms with Crippen molar-refractivity contribution in [2.75, 3.05) is 0 Å². The summed E-state index contributed by atoms with van der Waals surface area (Å²) in [6.07, 6.45) is 9.32. The van der Waals surface area contributed by atoms with Crippen molar-refractivity contribution in [2.45, 2.75) is 59.2 Å². The van der Waals surface area contributed by atoms with E-state index in [2.05, 4.69) is 52.8 Å². The van der Waals surface area contributed by atoms with E-state index < -0.39 is 0 Å². The van der Waals surface area contributed by atoms with Crippen LogP contribution in [-0.2, 0) is 4.74 Å². The summed E-state index contributed by atoms with van der Waals surface area (Å²) >= 11 is 0. The third-order valence-electron chi connectivity index (χ3n) is 3.14. The van der Waals surface area contributed by atoms with Gasteiger partial charge in [-0.05, 0) is 40.5 Å². The fraction of sp³-hybridized carbons (Fsp3) is 0.714. The molecule has 1 rings (SSSR count). The lowest BCUT2D eigenvalue weighted by Crippen LogP contribution is -2.36. The Labute approximate surface area is 94.2 Å². The highest BCUT2D eigenvalue weighted by atomic mass is 16.5. The molecule has 0 aromatic carbocycles. The van der Waals surface area contributed by atoms with Gasteiger partial charge in [-0.15, -0.1) is 0 Å². The van der Waals surface area contributed by atoms with Crippen LogP contribution in [0.2, 0.25) is 0 Å². The Bertz CT molecular complexity index is 261. The van der Waals surface area contributed by atoms with Gasteiger partial charge in [0.2, 0.25) is 0 Å². The van der Waals surface area contributed by atoms with Gasteiger partial charge in [-0.3, -0.25) is 0 Å². The van der Waals surface area contributed by atoms with E-state index in [1.165, 1.54) is 5.57 Å². The van der Waals surface area contributed by atoms with Crippen LogP contribution in [0.4, 0.5) is 0 Å². The molecule has 0 spiro atoms. The van der Waals surface area contributed by atoms with E-state index in [1.807, 2.05) is 0 Å². The van der Waals surface area contributed by atoms with Gasteiger partial charge in [0.1, 0.15) is 0 Å². The first kappa shape index (κ1) is 12.5. The predicted octanol–water partition coefficient (Wildman–Crippen LogP) is 4.10. The average Bonchev–Trinajstić information content (AvgIpc) is 2.11. The molecule has 1 aliphatic heterocycles. The maximum Gasteiger partial charge on any atom is 0.0841 e. The topological polar surface area (TPSA) is 9.23 Å². The van der Waals surface area contributed by atoms with E-state index in [4.69, 9.17) is 4.74 Å². The molecule has 15 heavy (non-hydrogen) atoms. The Morgan fingerprint density at radius 2 is 2.07 bits per heavy atom. The lowest BCUT2D eigenvalue weighted by atomic mass is 9.91. The summed E-state index contributed by atoms with van der Waals surface area (Å²) in [5.74, 6) is 0.543. The number of hydrogen-bond donors (Lipinski definition) is 0. The maximum atomic E-state index is 6.05. The summed E-state index contributed by atoms with van der Waals surface area (Å²) in [5.41, 5.74) is 1.33. The first-order valence-electron chi connectivity index (χ1n) is 5.93. The van der Waals surface area contributed by atoms with Crippen LogP contribution >= 0.6 is 0 Å². The highest BCUT2D eigenvalue weighted by molar-refractivity contribution is 5.08. The molecule has 86 valence electrons. The second-order valence-electron chi connectivity index (χ2n) is 5.17. The third kappa shape index (κ3) is 3.83. The van der Waals surface area contributed by atoms with Crippen LogP contribution in [-0.4, -0.2) is 11.7 Å². The second-order valence-corrected chi connectivity index (χ2v) is 5.17. The minimum absolute atomic E-state index is 0.0577. The fourth-order valence-electron chi connectivity index (χ4n) is 1.87.